The van der Waals surface area contributed by atoms with Gasteiger partial charge in [0.05, 0.1) is 0 Å². The summed E-state index contributed by atoms with van der Waals surface area (Å²) >= 11 is 1.81. The van der Waals surface area contributed by atoms with Gasteiger partial charge < -0.3 is 18.8 Å². The Kier molecular flexibility index (Phi) is 4.95. The van der Waals surface area contributed by atoms with Crippen LogP contribution >= 0.6 is 11.8 Å². The molecule has 0 fully saturated rings. The third-order valence-electron chi connectivity index (χ3n) is 13.6. The molecule has 7 heterocycles. The topological polar surface area (TPSA) is 16.3 Å². The fraction of sp³-hybridized carbons (Fsp3) is 0.0204. The van der Waals surface area contributed by atoms with Gasteiger partial charge in [-0.15, -0.1) is 11.8 Å². The maximum atomic E-state index is 2.76. The molecule has 2 aromatic heterocycles. The summed E-state index contributed by atoms with van der Waals surface area (Å²) in [7, 11) is 0. The smallest absolute Gasteiger partial charge is 0.333 e. The molecule has 0 saturated carbocycles. The number of para-hydroxylation sites is 4. The van der Waals surface area contributed by atoms with Crippen LogP contribution in [0, 0.1) is 0 Å². The Morgan fingerprint density at radius 1 is 0.429 bits per heavy atom. The van der Waals surface area contributed by atoms with Crippen LogP contribution in [0.5, 0.6) is 0 Å². The molecule has 0 radical (unpaired) electrons. The van der Waals surface area contributed by atoms with Crippen molar-refractivity contribution in [2.75, 3.05) is 16.1 Å². The fourth-order valence-corrected chi connectivity index (χ4v) is 12.2. The Bertz CT molecular complexity index is 3500. The van der Waals surface area contributed by atoms with Crippen molar-refractivity contribution in [2.45, 2.75) is 4.90 Å². The second-order valence-electron chi connectivity index (χ2n) is 15.9. The number of anilines is 6. The quantitative estimate of drug-likeness (QED) is 0.133. The Balaban J connectivity index is 1.25. The van der Waals surface area contributed by atoms with Crippen LogP contribution in [0.25, 0.3) is 65.9 Å². The monoisotopic (exact) mass is 726 g/mol. The SMILES string of the molecule is CSc1ccc2c(c1)N(c1ccccc1)c1cc3c4c5c1B2n1c2ccccc2c2cc6c7cccc8c7n(c6c-5c21)B4c1c-8cccc1N3c1ccccc1. The highest BCUT2D eigenvalue weighted by molar-refractivity contribution is 7.98. The molecule has 256 valence electrons. The molecule has 0 saturated heterocycles. The zero-order valence-electron chi connectivity index (χ0n) is 30.3. The van der Waals surface area contributed by atoms with E-state index in [9.17, 15) is 0 Å². The summed E-state index contributed by atoms with van der Waals surface area (Å²) in [6, 6.07) is 57.6. The van der Waals surface area contributed by atoms with Gasteiger partial charge in [0.25, 0.3) is 0 Å². The van der Waals surface area contributed by atoms with Gasteiger partial charge in [0, 0.05) is 93.8 Å². The Labute approximate surface area is 327 Å². The first-order valence-corrected chi connectivity index (χ1v) is 20.8. The molecule has 0 atom stereocenters. The minimum absolute atomic E-state index is 0.000384. The van der Waals surface area contributed by atoms with E-state index in [0.717, 1.165) is 0 Å². The molecule has 0 N–H and O–H groups in total. The minimum Gasteiger partial charge on any atom is -0.375 e. The van der Waals surface area contributed by atoms with Crippen LogP contribution in [-0.4, -0.2) is 28.9 Å². The number of hydrogen-bond acceptors (Lipinski definition) is 3. The van der Waals surface area contributed by atoms with E-state index in [4.69, 9.17) is 0 Å². The zero-order chi connectivity index (χ0) is 36.1. The van der Waals surface area contributed by atoms with E-state index in [1.54, 1.807) is 0 Å². The maximum Gasteiger partial charge on any atom is 0.333 e. The number of hydrogen-bond donors (Lipinski definition) is 0. The van der Waals surface area contributed by atoms with Gasteiger partial charge in [-0.2, -0.15) is 0 Å². The van der Waals surface area contributed by atoms with Gasteiger partial charge >= 0.3 is 13.7 Å². The second-order valence-corrected chi connectivity index (χ2v) is 16.8. The highest BCUT2D eigenvalue weighted by atomic mass is 32.2. The molecule has 56 heavy (non-hydrogen) atoms. The van der Waals surface area contributed by atoms with Crippen LogP contribution in [0.3, 0.4) is 0 Å². The van der Waals surface area contributed by atoms with Crippen molar-refractivity contribution >= 4 is 125 Å². The third-order valence-corrected chi connectivity index (χ3v) is 14.3. The van der Waals surface area contributed by atoms with Crippen molar-refractivity contribution in [3.8, 4) is 22.3 Å². The van der Waals surface area contributed by atoms with Gasteiger partial charge in [-0.25, -0.2) is 0 Å². The molecule has 8 aromatic carbocycles. The lowest BCUT2D eigenvalue weighted by Crippen LogP contribution is -2.64. The number of rotatable bonds is 3. The van der Waals surface area contributed by atoms with Crippen molar-refractivity contribution in [2.24, 2.45) is 0 Å². The number of nitrogens with zero attached hydrogens (tertiary/aromatic N) is 4. The van der Waals surface area contributed by atoms with Crippen molar-refractivity contribution < 1.29 is 0 Å². The maximum absolute atomic E-state index is 2.76. The molecule has 15 rings (SSSR count). The van der Waals surface area contributed by atoms with Crippen LogP contribution < -0.4 is 31.7 Å². The van der Waals surface area contributed by atoms with Crippen molar-refractivity contribution in [1.82, 2.24) is 8.96 Å². The Hall–Kier alpha value is -6.56. The highest BCUT2D eigenvalue weighted by Gasteiger charge is 2.53. The van der Waals surface area contributed by atoms with Crippen LogP contribution in [-0.2, 0) is 0 Å². The second kappa shape index (κ2) is 9.62. The number of thioether (sulfide) groups is 1. The normalized spacial score (nSPS) is 14.4. The first-order valence-electron chi connectivity index (χ1n) is 19.5. The molecule has 0 spiro atoms. The summed E-state index contributed by atoms with van der Waals surface area (Å²) in [6.45, 7) is 0.0544. The lowest BCUT2D eigenvalue weighted by molar-refractivity contribution is 1.21. The molecule has 0 amide bonds. The van der Waals surface area contributed by atoms with Gasteiger partial charge in [0.2, 0.25) is 0 Å². The minimum atomic E-state index is 0.000384. The summed E-state index contributed by atoms with van der Waals surface area (Å²) in [5.74, 6) is 0. The predicted molar refractivity (Wildman–Crippen MR) is 239 cm³/mol. The summed E-state index contributed by atoms with van der Waals surface area (Å²) in [4.78, 5) is 6.42. The zero-order valence-corrected chi connectivity index (χ0v) is 31.1. The summed E-state index contributed by atoms with van der Waals surface area (Å²) in [5, 5.41) is 5.37. The Morgan fingerprint density at radius 3 is 1.89 bits per heavy atom. The average molecular weight is 726 g/mol. The molecule has 4 nitrogen and oxygen atoms in total. The Morgan fingerprint density at radius 2 is 1.09 bits per heavy atom. The summed E-state index contributed by atoms with van der Waals surface area (Å²) in [6.07, 6.45) is 2.19. The van der Waals surface area contributed by atoms with Crippen molar-refractivity contribution in [1.29, 1.82) is 0 Å². The molecule has 0 bridgehead atoms. The molecular formula is C49H28B2N4S. The van der Waals surface area contributed by atoms with Crippen LogP contribution in [0.1, 0.15) is 0 Å². The molecule has 0 aliphatic carbocycles. The van der Waals surface area contributed by atoms with E-state index < -0.39 is 0 Å². The lowest BCUT2D eigenvalue weighted by atomic mass is 9.38. The number of benzene rings is 8. The van der Waals surface area contributed by atoms with Gasteiger partial charge in [-0.05, 0) is 99.9 Å². The first-order chi connectivity index (χ1) is 27.8. The summed E-state index contributed by atoms with van der Waals surface area (Å²) < 4.78 is 5.49. The molecule has 0 unspecified atom stereocenters. The van der Waals surface area contributed by atoms with Gasteiger partial charge in [0.15, 0.2) is 0 Å². The standard InChI is InChI=1S/C49H28B2N4S/c1-56-29-22-23-36-39(24-29)53(28-14-6-3-7-15-28)40-26-41-46-42-43-48-34(30-16-8-9-20-37(30)54(48)50(36)45(40)42)25-35-33-19-10-18-32-31-17-11-21-38(52(41)27-12-4-2-5-13-27)44(31)51(46)55(47(32)33)49(35)43/h2-26H,1H3. The van der Waals surface area contributed by atoms with Crippen LogP contribution in [0.15, 0.2) is 157 Å². The predicted octanol–water partition coefficient (Wildman–Crippen LogP) is 9.77. The van der Waals surface area contributed by atoms with E-state index in [-0.39, 0.29) is 13.7 Å². The molecule has 10 aromatic rings. The summed E-state index contributed by atoms with van der Waals surface area (Å²) in [5.41, 5.74) is 23.9. The molecule has 7 heteroatoms. The highest BCUT2D eigenvalue weighted by Crippen LogP contribution is 2.55. The van der Waals surface area contributed by atoms with Crippen molar-refractivity contribution in [3.05, 3.63) is 152 Å². The largest absolute Gasteiger partial charge is 0.375 e. The van der Waals surface area contributed by atoms with E-state index >= 15 is 0 Å². The van der Waals surface area contributed by atoms with Crippen LogP contribution in [0.4, 0.5) is 34.1 Å². The van der Waals surface area contributed by atoms with E-state index in [2.05, 4.69) is 177 Å². The van der Waals surface area contributed by atoms with Gasteiger partial charge in [0.1, 0.15) is 0 Å². The van der Waals surface area contributed by atoms with Crippen molar-refractivity contribution in [3.63, 3.8) is 0 Å². The van der Waals surface area contributed by atoms with Gasteiger partial charge in [-0.3, -0.25) is 0 Å². The fourth-order valence-electron chi connectivity index (χ4n) is 11.7. The number of fused-ring (bicyclic) bond motifs is 8. The van der Waals surface area contributed by atoms with E-state index in [1.165, 1.54) is 127 Å². The van der Waals surface area contributed by atoms with Crippen LogP contribution in [0.2, 0.25) is 0 Å². The molecular weight excluding hydrogens is 698 g/mol. The van der Waals surface area contributed by atoms with Gasteiger partial charge in [-0.1, -0.05) is 91.0 Å². The molecule has 5 aliphatic heterocycles. The van der Waals surface area contributed by atoms with E-state index in [0.29, 0.717) is 0 Å². The first kappa shape index (κ1) is 28.8. The third kappa shape index (κ3) is 3.04. The lowest BCUT2D eigenvalue weighted by Gasteiger charge is -2.48. The van der Waals surface area contributed by atoms with E-state index in [1.807, 2.05) is 11.8 Å². The number of aromatic nitrogens is 2. The molecule has 5 aliphatic rings. The average Bonchev–Trinajstić information content (AvgIpc) is 3.78.